The van der Waals surface area contributed by atoms with E-state index >= 15 is 0 Å². The summed E-state index contributed by atoms with van der Waals surface area (Å²) in [4.78, 5) is 6.77. The number of aliphatic imine (C=N–C) groups is 1. The fourth-order valence-electron chi connectivity index (χ4n) is 2.76. The van der Waals surface area contributed by atoms with E-state index in [1.54, 1.807) is 0 Å². The standard InChI is InChI=1S/C19H31N3O/c1-19(2,3)12-13-21-18(20-4)22-14-10-17(11-15-22)23-16-8-6-5-7-9-16/h5-9,17H,10-15H2,1-4H3,(H,20,21). The lowest BCUT2D eigenvalue weighted by Crippen LogP contribution is -2.48. The van der Waals surface area contributed by atoms with Gasteiger partial charge in [0.15, 0.2) is 5.96 Å². The van der Waals surface area contributed by atoms with Crippen LogP contribution in [0.15, 0.2) is 35.3 Å². The van der Waals surface area contributed by atoms with Crippen LogP contribution in [0.4, 0.5) is 0 Å². The minimum atomic E-state index is 0.307. The van der Waals surface area contributed by atoms with Gasteiger partial charge < -0.3 is 15.0 Å². The maximum atomic E-state index is 6.06. The lowest BCUT2D eigenvalue weighted by atomic mass is 9.92. The zero-order valence-electron chi connectivity index (χ0n) is 15.0. The Morgan fingerprint density at radius 2 is 1.87 bits per heavy atom. The molecule has 4 heteroatoms. The first kappa shape index (κ1) is 17.6. The number of piperidine rings is 1. The van der Waals surface area contributed by atoms with Crippen LogP contribution >= 0.6 is 0 Å². The third-order valence-corrected chi connectivity index (χ3v) is 4.16. The smallest absolute Gasteiger partial charge is 0.193 e. The normalized spacial score (nSPS) is 17.2. The Kier molecular flexibility index (Phi) is 6.31. The van der Waals surface area contributed by atoms with Crippen molar-refractivity contribution in [3.8, 4) is 5.75 Å². The Hall–Kier alpha value is -1.71. The number of rotatable bonds is 4. The van der Waals surface area contributed by atoms with Crippen LogP contribution in [0.25, 0.3) is 0 Å². The van der Waals surface area contributed by atoms with Gasteiger partial charge in [-0.1, -0.05) is 39.0 Å². The van der Waals surface area contributed by atoms with Crippen molar-refractivity contribution in [2.24, 2.45) is 10.4 Å². The molecule has 0 saturated carbocycles. The highest BCUT2D eigenvalue weighted by Gasteiger charge is 2.22. The van der Waals surface area contributed by atoms with E-state index in [0.717, 1.165) is 50.6 Å². The monoisotopic (exact) mass is 317 g/mol. The molecule has 0 unspecified atom stereocenters. The Morgan fingerprint density at radius 3 is 2.43 bits per heavy atom. The van der Waals surface area contributed by atoms with E-state index in [0.29, 0.717) is 11.5 Å². The number of para-hydroxylation sites is 1. The van der Waals surface area contributed by atoms with Crippen LogP contribution in [-0.4, -0.2) is 43.6 Å². The van der Waals surface area contributed by atoms with Gasteiger partial charge in [-0.25, -0.2) is 0 Å². The molecule has 1 aromatic rings. The zero-order valence-corrected chi connectivity index (χ0v) is 15.0. The molecule has 1 aliphatic heterocycles. The van der Waals surface area contributed by atoms with Crippen molar-refractivity contribution in [3.63, 3.8) is 0 Å². The van der Waals surface area contributed by atoms with Gasteiger partial charge >= 0.3 is 0 Å². The predicted molar refractivity (Wildman–Crippen MR) is 97.1 cm³/mol. The van der Waals surface area contributed by atoms with Gasteiger partial charge in [-0.15, -0.1) is 0 Å². The van der Waals surface area contributed by atoms with Crippen LogP contribution in [0.2, 0.25) is 0 Å². The fourth-order valence-corrected chi connectivity index (χ4v) is 2.76. The molecule has 0 atom stereocenters. The van der Waals surface area contributed by atoms with Gasteiger partial charge in [0, 0.05) is 39.5 Å². The molecular weight excluding hydrogens is 286 g/mol. The third-order valence-electron chi connectivity index (χ3n) is 4.16. The molecule has 2 rings (SSSR count). The van der Waals surface area contributed by atoms with E-state index in [-0.39, 0.29) is 0 Å². The summed E-state index contributed by atoms with van der Waals surface area (Å²) in [6.07, 6.45) is 3.52. The molecule has 0 aromatic heterocycles. The Bertz CT molecular complexity index is 485. The van der Waals surface area contributed by atoms with Crippen LogP contribution < -0.4 is 10.1 Å². The van der Waals surface area contributed by atoms with Gasteiger partial charge in [-0.3, -0.25) is 4.99 Å². The highest BCUT2D eigenvalue weighted by atomic mass is 16.5. The number of ether oxygens (including phenoxy) is 1. The second-order valence-electron chi connectivity index (χ2n) is 7.40. The Labute approximate surface area is 140 Å². The van der Waals surface area contributed by atoms with Crippen LogP contribution in [0.3, 0.4) is 0 Å². The molecule has 1 saturated heterocycles. The predicted octanol–water partition coefficient (Wildman–Crippen LogP) is 3.54. The van der Waals surface area contributed by atoms with Crippen LogP contribution in [0.1, 0.15) is 40.0 Å². The van der Waals surface area contributed by atoms with Crippen molar-refractivity contribution in [2.75, 3.05) is 26.7 Å². The summed E-state index contributed by atoms with van der Waals surface area (Å²) >= 11 is 0. The van der Waals surface area contributed by atoms with E-state index in [1.807, 2.05) is 37.4 Å². The van der Waals surface area contributed by atoms with Crippen molar-refractivity contribution in [3.05, 3.63) is 30.3 Å². The SMILES string of the molecule is CN=C(NCCC(C)(C)C)N1CCC(Oc2ccccc2)CC1. The van der Waals surface area contributed by atoms with Gasteiger partial charge in [-0.2, -0.15) is 0 Å². The number of benzene rings is 1. The average Bonchev–Trinajstić information content (AvgIpc) is 2.53. The molecule has 1 fully saturated rings. The van der Waals surface area contributed by atoms with Crippen molar-refractivity contribution in [1.29, 1.82) is 0 Å². The first-order chi connectivity index (χ1) is 11.0. The minimum absolute atomic E-state index is 0.307. The molecular formula is C19H31N3O. The molecule has 1 N–H and O–H groups in total. The molecule has 0 bridgehead atoms. The van der Waals surface area contributed by atoms with Crippen molar-refractivity contribution < 1.29 is 4.74 Å². The lowest BCUT2D eigenvalue weighted by Gasteiger charge is -2.34. The molecule has 1 aliphatic rings. The van der Waals surface area contributed by atoms with Crippen LogP contribution in [-0.2, 0) is 0 Å². The summed E-state index contributed by atoms with van der Waals surface area (Å²) in [5, 5.41) is 3.50. The molecule has 0 spiro atoms. The van der Waals surface area contributed by atoms with Gasteiger partial charge in [0.2, 0.25) is 0 Å². The van der Waals surface area contributed by atoms with Gasteiger partial charge in [0.05, 0.1) is 0 Å². The summed E-state index contributed by atoms with van der Waals surface area (Å²) in [6, 6.07) is 10.1. The summed E-state index contributed by atoms with van der Waals surface area (Å²) in [6.45, 7) is 9.76. The van der Waals surface area contributed by atoms with Crippen molar-refractivity contribution >= 4 is 5.96 Å². The third kappa shape index (κ3) is 6.12. The molecule has 1 heterocycles. The quantitative estimate of drug-likeness (QED) is 0.682. The van der Waals surface area contributed by atoms with E-state index in [4.69, 9.17) is 4.74 Å². The topological polar surface area (TPSA) is 36.9 Å². The summed E-state index contributed by atoms with van der Waals surface area (Å²) < 4.78 is 6.06. The average molecular weight is 317 g/mol. The van der Waals surface area contributed by atoms with Crippen LogP contribution in [0, 0.1) is 5.41 Å². The number of nitrogens with zero attached hydrogens (tertiary/aromatic N) is 2. The molecule has 4 nitrogen and oxygen atoms in total. The maximum Gasteiger partial charge on any atom is 0.193 e. The first-order valence-corrected chi connectivity index (χ1v) is 8.65. The van der Waals surface area contributed by atoms with Crippen LogP contribution in [0.5, 0.6) is 5.75 Å². The molecule has 0 aliphatic carbocycles. The zero-order chi connectivity index (χ0) is 16.7. The summed E-state index contributed by atoms with van der Waals surface area (Å²) in [7, 11) is 1.87. The van der Waals surface area contributed by atoms with E-state index in [2.05, 4.69) is 36.0 Å². The molecule has 128 valence electrons. The number of guanidine groups is 1. The molecule has 0 amide bonds. The Morgan fingerprint density at radius 1 is 1.22 bits per heavy atom. The number of hydrogen-bond donors (Lipinski definition) is 1. The second kappa shape index (κ2) is 8.23. The Balaban J connectivity index is 1.76. The number of likely N-dealkylation sites (tertiary alicyclic amines) is 1. The van der Waals surface area contributed by atoms with Crippen molar-refractivity contribution in [2.45, 2.75) is 46.1 Å². The highest BCUT2D eigenvalue weighted by Crippen LogP contribution is 2.19. The van der Waals surface area contributed by atoms with E-state index in [1.165, 1.54) is 0 Å². The summed E-state index contributed by atoms with van der Waals surface area (Å²) in [5.74, 6) is 1.99. The van der Waals surface area contributed by atoms with Gasteiger partial charge in [0.1, 0.15) is 11.9 Å². The van der Waals surface area contributed by atoms with E-state index < -0.39 is 0 Å². The van der Waals surface area contributed by atoms with Crippen molar-refractivity contribution in [1.82, 2.24) is 10.2 Å². The maximum absolute atomic E-state index is 6.06. The number of hydrogen-bond acceptors (Lipinski definition) is 2. The van der Waals surface area contributed by atoms with E-state index in [9.17, 15) is 0 Å². The minimum Gasteiger partial charge on any atom is -0.490 e. The van der Waals surface area contributed by atoms with Gasteiger partial charge in [0.25, 0.3) is 0 Å². The van der Waals surface area contributed by atoms with Gasteiger partial charge in [-0.05, 0) is 24.0 Å². The molecule has 1 aromatic carbocycles. The summed E-state index contributed by atoms with van der Waals surface area (Å²) in [5.41, 5.74) is 0.350. The largest absolute Gasteiger partial charge is 0.490 e. The molecule has 0 radical (unpaired) electrons. The first-order valence-electron chi connectivity index (χ1n) is 8.65. The number of nitrogens with one attached hydrogen (secondary N) is 1. The lowest BCUT2D eigenvalue weighted by molar-refractivity contribution is 0.129. The molecule has 23 heavy (non-hydrogen) atoms. The second-order valence-corrected chi connectivity index (χ2v) is 7.40. The fraction of sp³-hybridized carbons (Fsp3) is 0.632. The highest BCUT2D eigenvalue weighted by molar-refractivity contribution is 5.79.